The molecule has 4 unspecified atom stereocenters. The molecule has 0 aliphatic heterocycles. The van der Waals surface area contributed by atoms with Crippen LogP contribution >= 0.6 is 0 Å². The number of carbonyl (C=O) groups excluding carboxylic acids is 1. The van der Waals surface area contributed by atoms with Crippen LogP contribution < -0.4 is 5.73 Å². The molecular formula is C27H31NO2. The van der Waals surface area contributed by atoms with Gasteiger partial charge in [0.2, 0.25) is 0 Å². The van der Waals surface area contributed by atoms with Crippen LogP contribution in [0.3, 0.4) is 0 Å². The van der Waals surface area contributed by atoms with Crippen LogP contribution in [0.1, 0.15) is 68.9 Å². The van der Waals surface area contributed by atoms with Crippen molar-refractivity contribution in [3.05, 3.63) is 58.2 Å². The molecule has 1 aromatic carbocycles. The third-order valence-corrected chi connectivity index (χ3v) is 8.33. The molecule has 0 bridgehead atoms. The van der Waals surface area contributed by atoms with E-state index in [2.05, 4.69) is 43.0 Å². The first-order valence-electron chi connectivity index (χ1n) is 11.4. The van der Waals surface area contributed by atoms with Crippen LogP contribution in [0.15, 0.2) is 47.1 Å². The maximum atomic E-state index is 12.1. The molecule has 2 saturated carbocycles. The Balaban J connectivity index is 1.62. The maximum absolute atomic E-state index is 12.1. The summed E-state index contributed by atoms with van der Waals surface area (Å²) in [6.45, 7) is 2.69. The zero-order chi connectivity index (χ0) is 20.9. The minimum atomic E-state index is -0.212. The smallest absolute Gasteiger partial charge is 0.156 e. The van der Waals surface area contributed by atoms with Crippen LogP contribution in [0.2, 0.25) is 0 Å². The van der Waals surface area contributed by atoms with Gasteiger partial charge in [-0.1, -0.05) is 36.5 Å². The first-order valence-corrected chi connectivity index (χ1v) is 11.4. The van der Waals surface area contributed by atoms with Crippen molar-refractivity contribution in [1.82, 2.24) is 0 Å². The van der Waals surface area contributed by atoms with Crippen molar-refractivity contribution in [3.8, 4) is 11.8 Å². The first kappa shape index (κ1) is 19.8. The summed E-state index contributed by atoms with van der Waals surface area (Å²) < 4.78 is 0. The summed E-state index contributed by atoms with van der Waals surface area (Å²) in [5.74, 6) is 7.73. The molecule has 0 aromatic heterocycles. The Hall–Kier alpha value is -2.15. The lowest BCUT2D eigenvalue weighted by molar-refractivity contribution is -0.114. The van der Waals surface area contributed by atoms with Gasteiger partial charge in [0, 0.05) is 17.9 Å². The number of hydrogen-bond donors (Lipinski definition) is 2. The third kappa shape index (κ3) is 3.09. The van der Waals surface area contributed by atoms with Crippen molar-refractivity contribution in [1.29, 1.82) is 0 Å². The molecule has 1 aromatic rings. The average Bonchev–Trinajstić information content (AvgIpc) is 3.06. The number of hydrogen-bond acceptors (Lipinski definition) is 3. The van der Waals surface area contributed by atoms with Gasteiger partial charge in [0.25, 0.3) is 0 Å². The normalized spacial score (nSPS) is 35.0. The van der Waals surface area contributed by atoms with Crippen LogP contribution in [0, 0.1) is 29.1 Å². The van der Waals surface area contributed by atoms with E-state index in [1.807, 2.05) is 6.08 Å². The summed E-state index contributed by atoms with van der Waals surface area (Å²) in [6.07, 6.45) is 8.39. The van der Waals surface area contributed by atoms with Gasteiger partial charge in [0.05, 0.1) is 12.6 Å². The van der Waals surface area contributed by atoms with E-state index in [-0.39, 0.29) is 17.3 Å². The van der Waals surface area contributed by atoms with E-state index in [4.69, 9.17) is 5.73 Å². The maximum Gasteiger partial charge on any atom is 0.156 e. The number of nitrogens with two attached hydrogens (primary N) is 1. The standard InChI is InChI=1S/C27H31NO2/c1-27-16-23(18-6-4-17(5-7-18)3-2-14-28)26-21-11-9-20(29)15-19(21)8-10-22(26)24(27)12-13-25(27)30/h4-7,15,22-25,30H,8-14,16,28H2,1H3/t22?,23-,24?,25?,27?/m1/s1. The lowest BCUT2D eigenvalue weighted by Gasteiger charge is -2.52. The second-order valence-corrected chi connectivity index (χ2v) is 9.81. The fraction of sp³-hybridized carbons (Fsp3) is 0.519. The lowest BCUT2D eigenvalue weighted by Crippen LogP contribution is -2.45. The Labute approximate surface area is 179 Å². The summed E-state index contributed by atoms with van der Waals surface area (Å²) >= 11 is 0. The Morgan fingerprint density at radius 2 is 1.93 bits per heavy atom. The molecule has 3 heteroatoms. The number of aliphatic hydroxyl groups is 1. The van der Waals surface area contributed by atoms with Crippen molar-refractivity contribution < 1.29 is 9.90 Å². The van der Waals surface area contributed by atoms with Crippen LogP contribution in [0.4, 0.5) is 0 Å². The Morgan fingerprint density at radius 3 is 2.70 bits per heavy atom. The third-order valence-electron chi connectivity index (χ3n) is 8.33. The summed E-state index contributed by atoms with van der Waals surface area (Å²) in [5.41, 5.74) is 12.1. The number of carbonyl (C=O) groups is 1. The highest BCUT2D eigenvalue weighted by Gasteiger charge is 2.56. The lowest BCUT2D eigenvalue weighted by atomic mass is 9.53. The molecule has 0 saturated heterocycles. The topological polar surface area (TPSA) is 63.3 Å². The van der Waals surface area contributed by atoms with Gasteiger partial charge in [0.1, 0.15) is 0 Å². The molecule has 156 valence electrons. The zero-order valence-corrected chi connectivity index (χ0v) is 17.8. The highest BCUT2D eigenvalue weighted by Crippen LogP contribution is 2.63. The van der Waals surface area contributed by atoms with Crippen LogP contribution in [0.5, 0.6) is 0 Å². The molecular weight excluding hydrogens is 370 g/mol. The molecule has 30 heavy (non-hydrogen) atoms. The number of aliphatic hydroxyl groups excluding tert-OH is 1. The summed E-state index contributed by atoms with van der Waals surface area (Å²) in [7, 11) is 0. The summed E-state index contributed by atoms with van der Waals surface area (Å²) in [4.78, 5) is 12.1. The largest absolute Gasteiger partial charge is 0.393 e. The molecule has 5 atom stereocenters. The van der Waals surface area contributed by atoms with E-state index in [0.717, 1.165) is 44.1 Å². The Kier molecular flexibility index (Phi) is 4.96. The van der Waals surface area contributed by atoms with Crippen molar-refractivity contribution in [2.45, 2.75) is 63.9 Å². The first-order chi connectivity index (χ1) is 14.5. The fourth-order valence-electron chi connectivity index (χ4n) is 6.88. The van der Waals surface area contributed by atoms with Gasteiger partial charge in [-0.2, -0.15) is 0 Å². The molecule has 0 radical (unpaired) electrons. The number of ketones is 1. The highest BCUT2D eigenvalue weighted by molar-refractivity contribution is 5.93. The molecule has 0 heterocycles. The van der Waals surface area contributed by atoms with Gasteiger partial charge in [-0.25, -0.2) is 0 Å². The second kappa shape index (κ2) is 7.52. The van der Waals surface area contributed by atoms with E-state index >= 15 is 0 Å². The van der Waals surface area contributed by atoms with Crippen LogP contribution in [-0.4, -0.2) is 23.5 Å². The zero-order valence-electron chi connectivity index (χ0n) is 17.8. The number of allylic oxidation sites excluding steroid dienone is 4. The number of rotatable bonds is 1. The molecule has 2 fully saturated rings. The minimum Gasteiger partial charge on any atom is -0.393 e. The van der Waals surface area contributed by atoms with Crippen molar-refractivity contribution >= 4 is 5.78 Å². The van der Waals surface area contributed by atoms with Gasteiger partial charge in [0.15, 0.2) is 5.78 Å². The van der Waals surface area contributed by atoms with Crippen molar-refractivity contribution in [3.63, 3.8) is 0 Å². The van der Waals surface area contributed by atoms with Crippen molar-refractivity contribution in [2.75, 3.05) is 6.54 Å². The minimum absolute atomic E-state index is 0.0247. The predicted octanol–water partition coefficient (Wildman–Crippen LogP) is 4.26. The molecule has 4 aliphatic carbocycles. The van der Waals surface area contributed by atoms with Crippen LogP contribution in [-0.2, 0) is 4.79 Å². The number of benzene rings is 1. The van der Waals surface area contributed by atoms with Gasteiger partial charge in [-0.15, -0.1) is 0 Å². The van der Waals surface area contributed by atoms with E-state index in [1.165, 1.54) is 16.7 Å². The van der Waals surface area contributed by atoms with E-state index in [9.17, 15) is 9.90 Å². The van der Waals surface area contributed by atoms with Gasteiger partial charge < -0.3 is 10.8 Å². The number of fused-ring (bicyclic) bond motifs is 4. The summed E-state index contributed by atoms with van der Waals surface area (Å²) in [5, 5.41) is 10.9. The second-order valence-electron chi connectivity index (χ2n) is 9.81. The van der Waals surface area contributed by atoms with E-state index < -0.39 is 0 Å². The molecule has 3 N–H and O–H groups in total. The van der Waals surface area contributed by atoms with Crippen molar-refractivity contribution in [2.24, 2.45) is 23.0 Å². The van der Waals surface area contributed by atoms with Gasteiger partial charge in [-0.05, 0) is 90.7 Å². The predicted molar refractivity (Wildman–Crippen MR) is 119 cm³/mol. The Morgan fingerprint density at radius 1 is 1.13 bits per heavy atom. The van der Waals surface area contributed by atoms with Gasteiger partial charge in [-0.3, -0.25) is 4.79 Å². The monoisotopic (exact) mass is 401 g/mol. The molecule has 0 amide bonds. The van der Waals surface area contributed by atoms with Crippen LogP contribution in [0.25, 0.3) is 0 Å². The average molecular weight is 402 g/mol. The molecule has 4 aliphatic rings. The molecule has 5 rings (SSSR count). The van der Waals surface area contributed by atoms with E-state index in [0.29, 0.717) is 30.7 Å². The SMILES string of the molecule is CC12C[C@H](c3ccc(C#CCN)cc3)C3=C4CCC(=O)C=C4CCC3C1CCC2O. The molecule has 3 nitrogen and oxygen atoms in total. The Bertz CT molecular complexity index is 990. The van der Waals surface area contributed by atoms with E-state index in [1.54, 1.807) is 5.57 Å². The summed E-state index contributed by atoms with van der Waals surface area (Å²) in [6, 6.07) is 8.63. The van der Waals surface area contributed by atoms with Gasteiger partial charge >= 0.3 is 0 Å². The quantitative estimate of drug-likeness (QED) is 0.691. The molecule has 0 spiro atoms. The fourth-order valence-corrected chi connectivity index (χ4v) is 6.88. The highest BCUT2D eigenvalue weighted by atomic mass is 16.3.